The van der Waals surface area contributed by atoms with Gasteiger partial charge < -0.3 is 38.5 Å². The average molecular weight is 581 g/mol. The lowest BCUT2D eigenvalue weighted by atomic mass is 10.1. The van der Waals surface area contributed by atoms with Gasteiger partial charge in [0.15, 0.2) is 35.4 Å². The van der Waals surface area contributed by atoms with Crippen LogP contribution in [-0.2, 0) is 23.8 Å². The average Bonchev–Trinajstić information content (AvgIpc) is 3.03. The third-order valence-electron chi connectivity index (χ3n) is 6.10. The van der Waals surface area contributed by atoms with Gasteiger partial charge in [-0.15, -0.1) is 0 Å². The number of esters is 2. The SMILES string of the molecule is COc1ccnc(C(=O)N[C@H]2COC[C@H](Oc3ccccc3)[C@@H](Oc3ccccc3)[C@H](C)OC2=O)c1OCOC(C)=O. The summed E-state index contributed by atoms with van der Waals surface area (Å²) < 4.78 is 39.6. The van der Waals surface area contributed by atoms with Crippen molar-refractivity contribution in [3.8, 4) is 23.0 Å². The van der Waals surface area contributed by atoms with E-state index in [1.54, 1.807) is 31.2 Å². The first kappa shape index (κ1) is 30.1. The molecule has 1 aromatic heterocycles. The summed E-state index contributed by atoms with van der Waals surface area (Å²) in [7, 11) is 1.38. The molecule has 2 aromatic carbocycles. The van der Waals surface area contributed by atoms with E-state index >= 15 is 0 Å². The van der Waals surface area contributed by atoms with E-state index in [9.17, 15) is 14.4 Å². The number of benzene rings is 2. The Hall–Kier alpha value is -4.84. The Bertz CT molecular complexity index is 1340. The fourth-order valence-corrected chi connectivity index (χ4v) is 4.09. The van der Waals surface area contributed by atoms with Crippen LogP contribution < -0.4 is 24.3 Å². The molecule has 1 aliphatic heterocycles. The second kappa shape index (κ2) is 14.7. The summed E-state index contributed by atoms with van der Waals surface area (Å²) in [5.41, 5.74) is -0.196. The summed E-state index contributed by atoms with van der Waals surface area (Å²) in [5, 5.41) is 2.60. The molecule has 1 amide bonds. The van der Waals surface area contributed by atoms with Crippen LogP contribution in [0.3, 0.4) is 0 Å². The molecule has 0 bridgehead atoms. The highest BCUT2D eigenvalue weighted by atomic mass is 16.7. The third kappa shape index (κ3) is 8.10. The topological polar surface area (TPSA) is 141 Å². The molecule has 4 atom stereocenters. The van der Waals surface area contributed by atoms with Crippen LogP contribution in [0.5, 0.6) is 23.0 Å². The molecular weight excluding hydrogens is 548 g/mol. The van der Waals surface area contributed by atoms with E-state index in [1.807, 2.05) is 36.4 Å². The molecule has 1 saturated heterocycles. The van der Waals surface area contributed by atoms with Gasteiger partial charge in [-0.25, -0.2) is 9.78 Å². The summed E-state index contributed by atoms with van der Waals surface area (Å²) in [6, 6.07) is 18.5. The predicted octanol–water partition coefficient (Wildman–Crippen LogP) is 2.95. The van der Waals surface area contributed by atoms with Crippen LogP contribution in [-0.4, -0.2) is 74.3 Å². The minimum atomic E-state index is -1.21. The van der Waals surface area contributed by atoms with E-state index in [1.165, 1.54) is 26.3 Å². The van der Waals surface area contributed by atoms with Crippen molar-refractivity contribution in [1.82, 2.24) is 10.3 Å². The highest BCUT2D eigenvalue weighted by Crippen LogP contribution is 2.30. The number of para-hydroxylation sites is 2. The fourth-order valence-electron chi connectivity index (χ4n) is 4.09. The zero-order valence-corrected chi connectivity index (χ0v) is 23.4. The first-order valence-electron chi connectivity index (χ1n) is 13.2. The van der Waals surface area contributed by atoms with Gasteiger partial charge >= 0.3 is 11.9 Å². The second-order valence-electron chi connectivity index (χ2n) is 9.16. The number of aromatic nitrogens is 1. The van der Waals surface area contributed by atoms with Gasteiger partial charge in [-0.1, -0.05) is 36.4 Å². The van der Waals surface area contributed by atoms with Gasteiger partial charge in [0.25, 0.3) is 5.91 Å². The van der Waals surface area contributed by atoms with Gasteiger partial charge in [0.05, 0.1) is 20.3 Å². The zero-order valence-electron chi connectivity index (χ0n) is 23.4. The Labute approximate surface area is 242 Å². The van der Waals surface area contributed by atoms with Crippen LogP contribution in [0.2, 0.25) is 0 Å². The minimum absolute atomic E-state index is 0.0217. The van der Waals surface area contributed by atoms with Gasteiger partial charge in [0.1, 0.15) is 17.6 Å². The number of hydrogen-bond acceptors (Lipinski definition) is 11. The second-order valence-corrected chi connectivity index (χ2v) is 9.16. The summed E-state index contributed by atoms with van der Waals surface area (Å²) in [5.74, 6) is -0.848. The molecule has 0 unspecified atom stereocenters. The van der Waals surface area contributed by atoms with Gasteiger partial charge in [0, 0.05) is 19.2 Å². The molecule has 42 heavy (non-hydrogen) atoms. The van der Waals surface area contributed by atoms with Crippen molar-refractivity contribution >= 4 is 17.8 Å². The normalized spacial score (nSPS) is 20.5. The number of nitrogens with one attached hydrogen (secondary N) is 1. The molecule has 4 rings (SSSR count). The monoisotopic (exact) mass is 580 g/mol. The van der Waals surface area contributed by atoms with Gasteiger partial charge in [-0.05, 0) is 31.2 Å². The van der Waals surface area contributed by atoms with Crippen molar-refractivity contribution in [1.29, 1.82) is 0 Å². The Morgan fingerprint density at radius 1 is 0.976 bits per heavy atom. The van der Waals surface area contributed by atoms with Gasteiger partial charge in [-0.2, -0.15) is 0 Å². The van der Waals surface area contributed by atoms with Crippen molar-refractivity contribution in [2.24, 2.45) is 0 Å². The van der Waals surface area contributed by atoms with Crippen LogP contribution in [0.25, 0.3) is 0 Å². The van der Waals surface area contributed by atoms with E-state index in [0.29, 0.717) is 11.5 Å². The van der Waals surface area contributed by atoms with Crippen molar-refractivity contribution in [3.05, 3.63) is 78.6 Å². The number of hydrogen-bond donors (Lipinski definition) is 1. The molecular formula is C30H32N2O10. The van der Waals surface area contributed by atoms with Crippen LogP contribution >= 0.6 is 0 Å². The number of cyclic esters (lactones) is 1. The molecule has 0 spiro atoms. The van der Waals surface area contributed by atoms with Crippen molar-refractivity contribution in [2.75, 3.05) is 27.1 Å². The Kier molecular flexibility index (Phi) is 10.5. The highest BCUT2D eigenvalue weighted by Gasteiger charge is 2.38. The number of carbonyl (C=O) groups is 3. The third-order valence-corrected chi connectivity index (χ3v) is 6.10. The summed E-state index contributed by atoms with van der Waals surface area (Å²) in [6.07, 6.45) is -0.896. The molecule has 1 fully saturated rings. The molecule has 3 aromatic rings. The van der Waals surface area contributed by atoms with E-state index in [4.69, 9.17) is 33.2 Å². The first-order chi connectivity index (χ1) is 20.4. The van der Waals surface area contributed by atoms with Crippen molar-refractivity contribution in [2.45, 2.75) is 38.2 Å². The van der Waals surface area contributed by atoms with Crippen LogP contribution in [0.4, 0.5) is 0 Å². The molecule has 222 valence electrons. The Morgan fingerprint density at radius 2 is 1.64 bits per heavy atom. The molecule has 0 aliphatic carbocycles. The summed E-state index contributed by atoms with van der Waals surface area (Å²) >= 11 is 0. The van der Waals surface area contributed by atoms with Crippen LogP contribution in [0.15, 0.2) is 72.9 Å². The summed E-state index contributed by atoms with van der Waals surface area (Å²) in [6.45, 7) is 2.22. The lowest BCUT2D eigenvalue weighted by Crippen LogP contribution is -2.48. The quantitative estimate of drug-likeness (QED) is 0.280. The van der Waals surface area contributed by atoms with Crippen LogP contribution in [0, 0.1) is 0 Å². The minimum Gasteiger partial charge on any atom is -0.493 e. The maximum absolute atomic E-state index is 13.3. The number of carbonyl (C=O) groups excluding carboxylic acids is 3. The zero-order chi connectivity index (χ0) is 29.9. The first-order valence-corrected chi connectivity index (χ1v) is 13.2. The Morgan fingerprint density at radius 3 is 2.29 bits per heavy atom. The Balaban J connectivity index is 1.54. The number of pyridine rings is 1. The number of amides is 1. The molecule has 12 heteroatoms. The van der Waals surface area contributed by atoms with Gasteiger partial charge in [-0.3, -0.25) is 9.59 Å². The number of nitrogens with zero attached hydrogens (tertiary/aromatic N) is 1. The van der Waals surface area contributed by atoms with Gasteiger partial charge in [0.2, 0.25) is 6.79 Å². The van der Waals surface area contributed by atoms with Crippen molar-refractivity contribution < 1.29 is 47.5 Å². The van der Waals surface area contributed by atoms with E-state index in [-0.39, 0.29) is 30.4 Å². The molecule has 0 radical (unpaired) electrons. The van der Waals surface area contributed by atoms with E-state index in [0.717, 1.165) is 0 Å². The standard InChI is InChI=1S/C30H32N2O10/c1-19-27(42-22-12-8-5-9-13-22)25(41-21-10-6-4-7-11-21)17-37-16-23(30(35)40-19)32-29(34)26-28(39-18-38-20(2)33)24(36-3)14-15-31-26/h4-15,19,23,25,27H,16-18H2,1-3H3,(H,32,34)/t19-,23-,25-,27-/m0/s1. The van der Waals surface area contributed by atoms with E-state index < -0.39 is 49.0 Å². The molecule has 2 heterocycles. The lowest BCUT2D eigenvalue weighted by Gasteiger charge is -2.31. The maximum Gasteiger partial charge on any atom is 0.331 e. The van der Waals surface area contributed by atoms with Crippen LogP contribution in [0.1, 0.15) is 24.3 Å². The van der Waals surface area contributed by atoms with E-state index in [2.05, 4.69) is 10.3 Å². The summed E-state index contributed by atoms with van der Waals surface area (Å²) in [4.78, 5) is 41.8. The smallest absolute Gasteiger partial charge is 0.331 e. The largest absolute Gasteiger partial charge is 0.493 e. The van der Waals surface area contributed by atoms with Crippen molar-refractivity contribution in [3.63, 3.8) is 0 Å². The number of rotatable bonds is 10. The maximum atomic E-state index is 13.3. The molecule has 12 nitrogen and oxygen atoms in total. The number of ether oxygens (including phenoxy) is 7. The molecule has 0 saturated carbocycles. The number of methoxy groups -OCH3 is 1. The highest BCUT2D eigenvalue weighted by molar-refractivity contribution is 5.98. The fraction of sp³-hybridized carbons (Fsp3) is 0.333. The molecule has 1 aliphatic rings. The predicted molar refractivity (Wildman–Crippen MR) is 147 cm³/mol. The molecule has 1 N–H and O–H groups in total. The lowest BCUT2D eigenvalue weighted by molar-refractivity contribution is -0.156.